The van der Waals surface area contributed by atoms with Gasteiger partial charge < -0.3 is 20.8 Å². The highest BCUT2D eigenvalue weighted by atomic mass is 16.6. The molecule has 1 amide bonds. The van der Waals surface area contributed by atoms with Crippen LogP contribution in [0.25, 0.3) is 10.9 Å². The number of nitrogens with two attached hydrogens (primary N) is 1. The van der Waals surface area contributed by atoms with Crippen molar-refractivity contribution in [3.05, 3.63) is 45.7 Å². The van der Waals surface area contributed by atoms with E-state index in [1.165, 1.54) is 0 Å². The molecule has 0 bridgehead atoms. The van der Waals surface area contributed by atoms with Crippen molar-refractivity contribution >= 4 is 17.0 Å². The predicted molar refractivity (Wildman–Crippen MR) is 99.9 cm³/mol. The van der Waals surface area contributed by atoms with Gasteiger partial charge in [-0.25, -0.2) is 4.79 Å². The second-order valence-corrected chi connectivity index (χ2v) is 7.07. The Kier molecular flexibility index (Phi) is 6.20. The Bertz CT molecular complexity index is 791. The summed E-state index contributed by atoms with van der Waals surface area (Å²) in [6.45, 7) is 6.50. The lowest BCUT2D eigenvalue weighted by molar-refractivity contribution is 0.0527. The van der Waals surface area contributed by atoms with Crippen molar-refractivity contribution in [2.24, 2.45) is 5.73 Å². The van der Waals surface area contributed by atoms with Crippen molar-refractivity contribution in [3.63, 3.8) is 0 Å². The van der Waals surface area contributed by atoms with Crippen molar-refractivity contribution in [3.8, 4) is 0 Å². The molecule has 0 unspecified atom stereocenters. The van der Waals surface area contributed by atoms with Crippen LogP contribution >= 0.6 is 0 Å². The number of benzene rings is 1. The molecule has 25 heavy (non-hydrogen) atoms. The highest BCUT2D eigenvalue weighted by Crippen LogP contribution is 2.16. The number of carbonyl (C=O) groups excluding carboxylic acids is 1. The van der Waals surface area contributed by atoms with E-state index in [4.69, 9.17) is 10.5 Å². The summed E-state index contributed by atoms with van der Waals surface area (Å²) in [7, 11) is 0. The Hall–Kier alpha value is -2.34. The Labute approximate surface area is 147 Å². The minimum atomic E-state index is -0.501. The minimum absolute atomic E-state index is 0.00549. The summed E-state index contributed by atoms with van der Waals surface area (Å²) in [5.41, 5.74) is 7.85. The van der Waals surface area contributed by atoms with E-state index in [1.807, 2.05) is 39.0 Å². The van der Waals surface area contributed by atoms with Gasteiger partial charge in [0.15, 0.2) is 5.43 Å². The third-order valence-electron chi connectivity index (χ3n) is 3.71. The summed E-state index contributed by atoms with van der Waals surface area (Å²) in [5, 5.41) is 3.43. The van der Waals surface area contributed by atoms with Gasteiger partial charge in [0, 0.05) is 23.7 Å². The standard InChI is InChI=1S/C19H27N3O3/c1-19(2,3)25-18(24)21-11-5-7-13-6-4-8-15-16(23)12-14(9-10-20)22-17(13)15/h4,6,8,12H,5,7,9-11,20H2,1-3H3,(H,21,24)(H,22,23). The Balaban J connectivity index is 2.03. The van der Waals surface area contributed by atoms with Crippen LogP contribution in [-0.4, -0.2) is 29.8 Å². The van der Waals surface area contributed by atoms with Crippen molar-refractivity contribution in [2.45, 2.75) is 45.6 Å². The zero-order chi connectivity index (χ0) is 18.4. The van der Waals surface area contributed by atoms with Gasteiger partial charge in [0.1, 0.15) is 5.60 Å². The Morgan fingerprint density at radius 1 is 1.28 bits per heavy atom. The first-order valence-corrected chi connectivity index (χ1v) is 8.61. The number of aromatic nitrogens is 1. The van der Waals surface area contributed by atoms with Crippen molar-refractivity contribution < 1.29 is 9.53 Å². The van der Waals surface area contributed by atoms with Gasteiger partial charge in [0.2, 0.25) is 0 Å². The first-order chi connectivity index (χ1) is 11.8. The van der Waals surface area contributed by atoms with Crippen molar-refractivity contribution in [1.82, 2.24) is 10.3 Å². The molecule has 0 saturated carbocycles. The van der Waals surface area contributed by atoms with Crippen LogP contribution in [0.5, 0.6) is 0 Å². The number of aryl methyl sites for hydroxylation is 1. The summed E-state index contributed by atoms with van der Waals surface area (Å²) in [6, 6.07) is 7.32. The van der Waals surface area contributed by atoms with E-state index in [9.17, 15) is 9.59 Å². The van der Waals surface area contributed by atoms with Crippen LogP contribution in [-0.2, 0) is 17.6 Å². The maximum atomic E-state index is 12.2. The fourth-order valence-electron chi connectivity index (χ4n) is 2.67. The van der Waals surface area contributed by atoms with E-state index in [-0.39, 0.29) is 5.43 Å². The van der Waals surface area contributed by atoms with Crippen LogP contribution in [0.3, 0.4) is 0 Å². The maximum absolute atomic E-state index is 12.2. The topological polar surface area (TPSA) is 97.2 Å². The molecule has 0 fully saturated rings. The van der Waals surface area contributed by atoms with E-state index in [0.717, 1.165) is 29.6 Å². The molecule has 4 N–H and O–H groups in total. The fourth-order valence-corrected chi connectivity index (χ4v) is 2.67. The molecular weight excluding hydrogens is 318 g/mol. The molecule has 0 spiro atoms. The van der Waals surface area contributed by atoms with Gasteiger partial charge in [0.25, 0.3) is 0 Å². The quantitative estimate of drug-likeness (QED) is 0.701. The lowest BCUT2D eigenvalue weighted by Gasteiger charge is -2.19. The van der Waals surface area contributed by atoms with Crippen molar-refractivity contribution in [1.29, 1.82) is 0 Å². The van der Waals surface area contributed by atoms with Gasteiger partial charge in [-0.05, 0) is 58.2 Å². The summed E-state index contributed by atoms with van der Waals surface area (Å²) < 4.78 is 5.21. The van der Waals surface area contributed by atoms with E-state index in [0.29, 0.717) is 24.9 Å². The number of fused-ring (bicyclic) bond motifs is 1. The molecule has 0 atom stereocenters. The van der Waals surface area contributed by atoms with Gasteiger partial charge in [-0.3, -0.25) is 4.79 Å². The summed E-state index contributed by atoms with van der Waals surface area (Å²) in [6.07, 6.45) is 1.72. The molecule has 0 aliphatic carbocycles. The van der Waals surface area contributed by atoms with Crippen LogP contribution in [0, 0.1) is 0 Å². The molecule has 0 saturated heterocycles. The molecule has 1 aromatic carbocycles. The zero-order valence-electron chi connectivity index (χ0n) is 15.1. The van der Waals surface area contributed by atoms with E-state index in [1.54, 1.807) is 6.07 Å². The summed E-state index contributed by atoms with van der Waals surface area (Å²) in [5.74, 6) is 0. The number of nitrogens with one attached hydrogen (secondary N) is 2. The van der Waals surface area contributed by atoms with Gasteiger partial charge >= 0.3 is 6.09 Å². The third-order valence-corrected chi connectivity index (χ3v) is 3.71. The second-order valence-electron chi connectivity index (χ2n) is 7.07. The molecule has 6 heteroatoms. The normalized spacial score (nSPS) is 11.5. The SMILES string of the molecule is CC(C)(C)OC(=O)NCCCc1cccc2c(=O)cc(CCN)[nH]c12. The highest BCUT2D eigenvalue weighted by Gasteiger charge is 2.15. The monoisotopic (exact) mass is 345 g/mol. The van der Waals surface area contributed by atoms with Gasteiger partial charge in [0.05, 0.1) is 5.52 Å². The smallest absolute Gasteiger partial charge is 0.407 e. The number of ether oxygens (including phenoxy) is 1. The van der Waals surface area contributed by atoms with E-state index >= 15 is 0 Å². The molecule has 0 aliphatic rings. The number of pyridine rings is 1. The largest absolute Gasteiger partial charge is 0.444 e. The molecule has 1 aromatic heterocycles. The highest BCUT2D eigenvalue weighted by molar-refractivity contribution is 5.81. The lowest BCUT2D eigenvalue weighted by atomic mass is 10.0. The number of hydrogen-bond donors (Lipinski definition) is 3. The molecule has 0 radical (unpaired) electrons. The lowest BCUT2D eigenvalue weighted by Crippen LogP contribution is -2.33. The first kappa shape index (κ1) is 19.0. The molecule has 1 heterocycles. The van der Waals surface area contributed by atoms with E-state index < -0.39 is 11.7 Å². The molecular formula is C19H27N3O3. The van der Waals surface area contributed by atoms with Crippen LogP contribution in [0.2, 0.25) is 0 Å². The Morgan fingerprint density at radius 2 is 2.04 bits per heavy atom. The number of aromatic amines is 1. The van der Waals surface area contributed by atoms with Crippen LogP contribution in [0.1, 0.15) is 38.4 Å². The number of para-hydroxylation sites is 1. The van der Waals surface area contributed by atoms with Crippen molar-refractivity contribution in [2.75, 3.05) is 13.1 Å². The fraction of sp³-hybridized carbons (Fsp3) is 0.474. The summed E-state index contributed by atoms with van der Waals surface area (Å²) >= 11 is 0. The van der Waals surface area contributed by atoms with Crippen LogP contribution < -0.4 is 16.5 Å². The van der Waals surface area contributed by atoms with Gasteiger partial charge in [-0.1, -0.05) is 12.1 Å². The molecule has 136 valence electrons. The predicted octanol–water partition coefficient (Wildman–Crippen LogP) is 2.49. The van der Waals surface area contributed by atoms with Crippen LogP contribution in [0.15, 0.2) is 29.1 Å². The minimum Gasteiger partial charge on any atom is -0.444 e. The van der Waals surface area contributed by atoms with Gasteiger partial charge in [-0.2, -0.15) is 0 Å². The average Bonchev–Trinajstić information content (AvgIpc) is 2.50. The molecule has 6 nitrogen and oxygen atoms in total. The molecule has 2 rings (SSSR count). The first-order valence-electron chi connectivity index (χ1n) is 8.61. The third kappa shape index (κ3) is 5.60. The number of H-pyrrole nitrogens is 1. The number of amides is 1. The summed E-state index contributed by atoms with van der Waals surface area (Å²) in [4.78, 5) is 27.2. The number of alkyl carbamates (subject to hydrolysis) is 1. The number of carbonyl (C=O) groups is 1. The molecule has 0 aliphatic heterocycles. The van der Waals surface area contributed by atoms with Crippen LogP contribution in [0.4, 0.5) is 4.79 Å². The van der Waals surface area contributed by atoms with E-state index in [2.05, 4.69) is 10.3 Å². The zero-order valence-corrected chi connectivity index (χ0v) is 15.1. The molecule has 2 aromatic rings. The number of hydrogen-bond acceptors (Lipinski definition) is 4. The second kappa shape index (κ2) is 8.16. The Morgan fingerprint density at radius 3 is 2.72 bits per heavy atom. The maximum Gasteiger partial charge on any atom is 0.407 e. The average molecular weight is 345 g/mol. The van der Waals surface area contributed by atoms with Gasteiger partial charge in [-0.15, -0.1) is 0 Å². The number of rotatable bonds is 6.